The molecule has 3 heteroatoms. The van der Waals surface area contributed by atoms with Gasteiger partial charge >= 0.3 is 0 Å². The number of furan rings is 1. The van der Waals surface area contributed by atoms with E-state index in [1.165, 1.54) is 0 Å². The molecule has 1 aromatic heterocycles. The van der Waals surface area contributed by atoms with Gasteiger partial charge in [0.2, 0.25) is 0 Å². The lowest BCUT2D eigenvalue weighted by atomic mass is 9.97. The quantitative estimate of drug-likeness (QED) is 0.346. The van der Waals surface area contributed by atoms with Crippen LogP contribution < -0.4 is 4.90 Å². The van der Waals surface area contributed by atoms with Crippen LogP contribution in [0.1, 0.15) is 17.7 Å². The number of nitrogens with zero attached hydrogens (tertiary/aromatic N) is 1. The Morgan fingerprint density at radius 1 is 0.759 bits per heavy atom. The first-order valence-electron chi connectivity index (χ1n) is 9.79. The third-order valence-corrected chi connectivity index (χ3v) is 5.67. The van der Waals surface area contributed by atoms with Crippen molar-refractivity contribution in [3.8, 4) is 11.1 Å². The van der Waals surface area contributed by atoms with Crippen molar-refractivity contribution in [3.63, 3.8) is 0 Å². The summed E-state index contributed by atoms with van der Waals surface area (Å²) >= 11 is 7.03. The molecule has 1 aliphatic carbocycles. The highest BCUT2D eigenvalue weighted by Crippen LogP contribution is 2.44. The van der Waals surface area contributed by atoms with E-state index in [9.17, 15) is 0 Å². The van der Waals surface area contributed by atoms with Crippen molar-refractivity contribution in [2.24, 2.45) is 0 Å². The predicted molar refractivity (Wildman–Crippen MR) is 121 cm³/mol. The van der Waals surface area contributed by atoms with Gasteiger partial charge in [-0.1, -0.05) is 72.3 Å². The minimum absolute atomic E-state index is 0.711. The Hall–Kier alpha value is -3.23. The molecule has 0 spiro atoms. The molecular formula is C26H20ClNO. The zero-order chi connectivity index (χ0) is 19.6. The Morgan fingerprint density at radius 2 is 1.45 bits per heavy atom. The highest BCUT2D eigenvalue weighted by Gasteiger charge is 2.21. The minimum atomic E-state index is 0.711. The second kappa shape index (κ2) is 7.65. The number of benzene rings is 3. The molecule has 0 saturated heterocycles. The van der Waals surface area contributed by atoms with Gasteiger partial charge in [0.05, 0.1) is 17.0 Å². The van der Waals surface area contributed by atoms with Crippen molar-refractivity contribution in [3.05, 3.63) is 108 Å². The third kappa shape index (κ3) is 3.26. The maximum atomic E-state index is 7.03. The summed E-state index contributed by atoms with van der Waals surface area (Å²) in [5.74, 6) is 1.03. The number of halogens is 1. The zero-order valence-electron chi connectivity index (χ0n) is 15.9. The summed E-state index contributed by atoms with van der Waals surface area (Å²) in [5, 5.41) is 0.711. The highest BCUT2D eigenvalue weighted by atomic mass is 35.5. The van der Waals surface area contributed by atoms with Crippen LogP contribution in [0, 0.1) is 0 Å². The van der Waals surface area contributed by atoms with Crippen LogP contribution >= 0.6 is 11.6 Å². The number of hydrogen-bond acceptors (Lipinski definition) is 2. The molecule has 29 heavy (non-hydrogen) atoms. The Kier molecular flexibility index (Phi) is 4.71. The van der Waals surface area contributed by atoms with E-state index in [0.717, 1.165) is 52.4 Å². The number of allylic oxidation sites excluding steroid dienone is 1. The Bertz CT molecular complexity index is 1120. The summed E-state index contributed by atoms with van der Waals surface area (Å²) in [7, 11) is 0. The molecule has 3 aromatic carbocycles. The lowest BCUT2D eigenvalue weighted by Crippen LogP contribution is -2.10. The molecule has 0 fully saturated rings. The maximum absolute atomic E-state index is 7.03. The van der Waals surface area contributed by atoms with Crippen LogP contribution in [-0.4, -0.2) is 0 Å². The molecule has 0 N–H and O–H groups in total. The van der Waals surface area contributed by atoms with Crippen LogP contribution in [0.5, 0.6) is 0 Å². The summed E-state index contributed by atoms with van der Waals surface area (Å²) < 4.78 is 5.84. The minimum Gasteiger partial charge on any atom is -0.468 e. The van der Waals surface area contributed by atoms with E-state index in [2.05, 4.69) is 59.5 Å². The van der Waals surface area contributed by atoms with Crippen molar-refractivity contribution in [2.75, 3.05) is 4.90 Å². The number of rotatable bonds is 4. The first-order chi connectivity index (χ1) is 14.3. The summed E-state index contributed by atoms with van der Waals surface area (Å²) in [5.41, 5.74) is 6.23. The van der Waals surface area contributed by atoms with Crippen LogP contribution in [0.3, 0.4) is 0 Å². The normalized spacial score (nSPS) is 12.6. The molecule has 1 aliphatic rings. The summed E-state index contributed by atoms with van der Waals surface area (Å²) in [6.07, 6.45) is 8.12. The number of anilines is 3. The summed E-state index contributed by atoms with van der Waals surface area (Å²) in [6, 6.07) is 26.8. The molecule has 0 aliphatic heterocycles. The smallest absolute Gasteiger partial charge is 0.111 e. The number of aryl methyl sites for hydroxylation is 1. The van der Waals surface area contributed by atoms with Gasteiger partial charge in [-0.25, -0.2) is 0 Å². The SMILES string of the molecule is Clc1c(-c2coc3c2C=CCC3)cccc1N(c1ccccc1)c1ccccc1. The molecular weight excluding hydrogens is 378 g/mol. The van der Waals surface area contributed by atoms with Crippen molar-refractivity contribution in [2.45, 2.75) is 12.8 Å². The molecule has 0 bridgehead atoms. The van der Waals surface area contributed by atoms with E-state index < -0.39 is 0 Å². The molecule has 0 radical (unpaired) electrons. The van der Waals surface area contributed by atoms with Crippen molar-refractivity contribution in [1.82, 2.24) is 0 Å². The number of hydrogen-bond donors (Lipinski definition) is 0. The van der Waals surface area contributed by atoms with E-state index in [0.29, 0.717) is 5.02 Å². The molecule has 2 nitrogen and oxygen atoms in total. The van der Waals surface area contributed by atoms with Crippen molar-refractivity contribution >= 4 is 34.7 Å². The fraction of sp³-hybridized carbons (Fsp3) is 0.0769. The lowest BCUT2D eigenvalue weighted by molar-refractivity contribution is 0.508. The summed E-state index contributed by atoms with van der Waals surface area (Å²) in [6.45, 7) is 0. The third-order valence-electron chi connectivity index (χ3n) is 5.27. The Morgan fingerprint density at radius 3 is 2.14 bits per heavy atom. The number of fused-ring (bicyclic) bond motifs is 1. The second-order valence-corrected chi connectivity index (χ2v) is 7.45. The second-order valence-electron chi connectivity index (χ2n) is 7.07. The summed E-state index contributed by atoms with van der Waals surface area (Å²) in [4.78, 5) is 2.19. The average molecular weight is 398 g/mol. The Labute approximate surface area is 175 Å². The number of para-hydroxylation sites is 2. The van der Waals surface area contributed by atoms with Gasteiger partial charge < -0.3 is 9.32 Å². The van der Waals surface area contributed by atoms with E-state index >= 15 is 0 Å². The topological polar surface area (TPSA) is 16.4 Å². The van der Waals surface area contributed by atoms with Gasteiger partial charge in [-0.15, -0.1) is 0 Å². The molecule has 4 aromatic rings. The highest BCUT2D eigenvalue weighted by molar-refractivity contribution is 6.36. The van der Waals surface area contributed by atoms with E-state index in [-0.39, 0.29) is 0 Å². The molecule has 142 valence electrons. The van der Waals surface area contributed by atoms with Crippen molar-refractivity contribution < 1.29 is 4.42 Å². The van der Waals surface area contributed by atoms with Crippen LogP contribution in [-0.2, 0) is 6.42 Å². The van der Waals surface area contributed by atoms with Gasteiger partial charge in [-0.05, 0) is 36.8 Å². The molecule has 0 atom stereocenters. The van der Waals surface area contributed by atoms with Gasteiger partial charge in [0.1, 0.15) is 5.76 Å². The predicted octanol–water partition coefficient (Wildman–Crippen LogP) is 8.03. The van der Waals surface area contributed by atoms with Gasteiger partial charge in [0, 0.05) is 34.5 Å². The fourth-order valence-corrected chi connectivity index (χ4v) is 4.20. The standard InChI is InChI=1S/C26H20ClNO/c27-26-22(23-18-29-25-17-8-7-14-21(23)25)15-9-16-24(26)28(19-10-3-1-4-11-19)20-12-5-2-6-13-20/h1-7,9-16,18H,8,17H2. The van der Waals surface area contributed by atoms with Gasteiger partial charge in [0.25, 0.3) is 0 Å². The Balaban J connectivity index is 1.68. The van der Waals surface area contributed by atoms with Gasteiger partial charge in [0.15, 0.2) is 0 Å². The van der Waals surface area contributed by atoms with Gasteiger partial charge in [-0.2, -0.15) is 0 Å². The first-order valence-corrected chi connectivity index (χ1v) is 10.2. The largest absolute Gasteiger partial charge is 0.468 e. The molecule has 0 saturated carbocycles. The van der Waals surface area contributed by atoms with Crippen LogP contribution in [0.15, 0.2) is 95.6 Å². The molecule has 5 rings (SSSR count). The molecule has 1 heterocycles. The average Bonchev–Trinajstić information content (AvgIpc) is 3.21. The fourth-order valence-electron chi connectivity index (χ4n) is 3.89. The zero-order valence-corrected chi connectivity index (χ0v) is 16.6. The van der Waals surface area contributed by atoms with E-state index in [4.69, 9.17) is 16.0 Å². The van der Waals surface area contributed by atoms with E-state index in [1.54, 1.807) is 0 Å². The van der Waals surface area contributed by atoms with Crippen molar-refractivity contribution in [1.29, 1.82) is 0 Å². The lowest BCUT2D eigenvalue weighted by Gasteiger charge is -2.27. The molecule has 0 amide bonds. The van der Waals surface area contributed by atoms with Crippen LogP contribution in [0.25, 0.3) is 17.2 Å². The van der Waals surface area contributed by atoms with Crippen LogP contribution in [0.4, 0.5) is 17.1 Å². The maximum Gasteiger partial charge on any atom is 0.111 e. The van der Waals surface area contributed by atoms with Crippen LogP contribution in [0.2, 0.25) is 5.02 Å². The van der Waals surface area contributed by atoms with E-state index in [1.807, 2.05) is 42.7 Å². The molecule has 0 unspecified atom stereocenters. The first kappa shape index (κ1) is 17.8. The monoisotopic (exact) mass is 397 g/mol. The van der Waals surface area contributed by atoms with Gasteiger partial charge in [-0.3, -0.25) is 0 Å².